The highest BCUT2D eigenvalue weighted by molar-refractivity contribution is 7.98. The number of hydrogen-bond acceptors (Lipinski definition) is 6. The Balaban J connectivity index is 2.01. The van der Waals surface area contributed by atoms with Gasteiger partial charge in [0.25, 0.3) is 0 Å². The van der Waals surface area contributed by atoms with Gasteiger partial charge in [-0.05, 0) is 45.9 Å². The molecule has 2 rings (SSSR count). The summed E-state index contributed by atoms with van der Waals surface area (Å²) in [6.45, 7) is 7.18. The van der Waals surface area contributed by atoms with Crippen molar-refractivity contribution in [2.24, 2.45) is 0 Å². The van der Waals surface area contributed by atoms with E-state index in [-0.39, 0.29) is 12.1 Å². The van der Waals surface area contributed by atoms with E-state index in [1.807, 2.05) is 45.0 Å². The van der Waals surface area contributed by atoms with Crippen molar-refractivity contribution in [3.63, 3.8) is 0 Å². The summed E-state index contributed by atoms with van der Waals surface area (Å²) in [4.78, 5) is 25.0. The third-order valence-electron chi connectivity index (χ3n) is 3.68. The third-order valence-corrected chi connectivity index (χ3v) is 4.24. The zero-order chi connectivity index (χ0) is 17.0. The van der Waals surface area contributed by atoms with E-state index in [0.29, 0.717) is 0 Å². The molecule has 2 heterocycles. The molecule has 0 saturated carbocycles. The van der Waals surface area contributed by atoms with Gasteiger partial charge in [0.1, 0.15) is 11.4 Å². The second-order valence-corrected chi connectivity index (χ2v) is 7.53. The number of likely N-dealkylation sites (tertiary alicyclic amines) is 1. The first kappa shape index (κ1) is 17.8. The van der Waals surface area contributed by atoms with Crippen molar-refractivity contribution < 1.29 is 9.53 Å². The van der Waals surface area contributed by atoms with Crippen LogP contribution in [0.1, 0.15) is 33.6 Å². The number of anilines is 1. The van der Waals surface area contributed by atoms with Crippen LogP contribution in [0.2, 0.25) is 0 Å². The lowest BCUT2D eigenvalue weighted by molar-refractivity contribution is 0.0232. The van der Waals surface area contributed by atoms with Crippen molar-refractivity contribution in [3.8, 4) is 0 Å². The van der Waals surface area contributed by atoms with Crippen LogP contribution >= 0.6 is 11.8 Å². The Labute approximate surface area is 142 Å². The first-order valence-electron chi connectivity index (χ1n) is 7.88. The highest BCUT2D eigenvalue weighted by Crippen LogP contribution is 2.23. The molecule has 0 aliphatic carbocycles. The molecule has 1 fully saturated rings. The van der Waals surface area contributed by atoms with Gasteiger partial charge in [-0.2, -0.15) is 0 Å². The van der Waals surface area contributed by atoms with Crippen molar-refractivity contribution in [2.75, 3.05) is 31.3 Å². The molecule has 1 aromatic rings. The Kier molecular flexibility index (Phi) is 5.73. The molecular weight excluding hydrogens is 312 g/mol. The van der Waals surface area contributed by atoms with Gasteiger partial charge in [0.2, 0.25) is 0 Å². The number of nitrogens with zero attached hydrogens (tertiary/aromatic N) is 4. The van der Waals surface area contributed by atoms with Gasteiger partial charge in [-0.25, -0.2) is 14.8 Å². The fourth-order valence-electron chi connectivity index (χ4n) is 2.64. The van der Waals surface area contributed by atoms with Crippen LogP contribution in [-0.4, -0.2) is 59.0 Å². The van der Waals surface area contributed by atoms with Gasteiger partial charge in [-0.1, -0.05) is 11.8 Å². The van der Waals surface area contributed by atoms with E-state index in [2.05, 4.69) is 14.9 Å². The number of carbonyl (C=O) groups is 1. The van der Waals surface area contributed by atoms with Crippen LogP contribution in [0.5, 0.6) is 0 Å². The molecule has 0 spiro atoms. The summed E-state index contributed by atoms with van der Waals surface area (Å²) in [5, 5.41) is 0.754. The van der Waals surface area contributed by atoms with Gasteiger partial charge >= 0.3 is 6.09 Å². The standard InChI is InChI=1S/C16H26N4O2S/c1-16(2,3)22-15(21)20-10-6-7-12(20)11-19(4)13-8-9-17-14(18-13)23-5/h8-9,12H,6-7,10-11H2,1-5H3/t12-/m1/s1. The second kappa shape index (κ2) is 7.38. The van der Waals surface area contributed by atoms with Crippen LogP contribution < -0.4 is 4.90 Å². The second-order valence-electron chi connectivity index (χ2n) is 6.75. The van der Waals surface area contributed by atoms with Gasteiger partial charge in [0.15, 0.2) is 5.16 Å². The van der Waals surface area contributed by atoms with Gasteiger partial charge < -0.3 is 14.5 Å². The van der Waals surface area contributed by atoms with E-state index >= 15 is 0 Å². The number of carbonyl (C=O) groups excluding carboxylic acids is 1. The normalized spacial score (nSPS) is 18.1. The smallest absolute Gasteiger partial charge is 0.410 e. The molecule has 1 atom stereocenters. The molecule has 1 aromatic heterocycles. The van der Waals surface area contributed by atoms with Crippen LogP contribution in [0.15, 0.2) is 17.4 Å². The first-order valence-corrected chi connectivity index (χ1v) is 9.10. The number of ether oxygens (including phenoxy) is 1. The molecule has 0 bridgehead atoms. The van der Waals surface area contributed by atoms with Crippen molar-refractivity contribution in [2.45, 2.75) is 50.4 Å². The number of hydrogen-bond donors (Lipinski definition) is 0. The van der Waals surface area contributed by atoms with E-state index in [1.165, 1.54) is 11.8 Å². The van der Waals surface area contributed by atoms with Crippen LogP contribution in [0.25, 0.3) is 0 Å². The summed E-state index contributed by atoms with van der Waals surface area (Å²) >= 11 is 1.52. The Morgan fingerprint density at radius 2 is 2.26 bits per heavy atom. The van der Waals surface area contributed by atoms with Crippen molar-refractivity contribution in [3.05, 3.63) is 12.3 Å². The largest absolute Gasteiger partial charge is 0.444 e. The SMILES string of the molecule is CSc1nccc(N(C)C[C@H]2CCCN2C(=O)OC(C)(C)C)n1. The molecule has 0 unspecified atom stereocenters. The minimum absolute atomic E-state index is 0.155. The fourth-order valence-corrected chi connectivity index (χ4v) is 2.99. The maximum atomic E-state index is 12.3. The molecule has 128 valence electrons. The number of likely N-dealkylation sites (N-methyl/N-ethyl adjacent to an activating group) is 1. The van der Waals surface area contributed by atoms with E-state index < -0.39 is 5.60 Å². The Bertz CT molecular complexity index is 547. The van der Waals surface area contributed by atoms with Gasteiger partial charge in [0, 0.05) is 26.3 Å². The topological polar surface area (TPSA) is 58.6 Å². The van der Waals surface area contributed by atoms with Crippen molar-refractivity contribution in [1.82, 2.24) is 14.9 Å². The minimum Gasteiger partial charge on any atom is -0.444 e. The summed E-state index contributed by atoms with van der Waals surface area (Å²) in [7, 11) is 2.00. The minimum atomic E-state index is -0.462. The first-order chi connectivity index (χ1) is 10.8. The summed E-state index contributed by atoms with van der Waals surface area (Å²) in [6.07, 6.45) is 5.51. The van der Waals surface area contributed by atoms with Crippen LogP contribution in [0.4, 0.5) is 10.6 Å². The number of thioether (sulfide) groups is 1. The number of aromatic nitrogens is 2. The molecule has 1 aliphatic rings. The maximum Gasteiger partial charge on any atom is 0.410 e. The zero-order valence-electron chi connectivity index (χ0n) is 14.6. The van der Waals surface area contributed by atoms with Crippen LogP contribution in [0.3, 0.4) is 0 Å². The zero-order valence-corrected chi connectivity index (χ0v) is 15.4. The lowest BCUT2D eigenvalue weighted by Crippen LogP contribution is -2.44. The molecule has 0 N–H and O–H groups in total. The molecule has 23 heavy (non-hydrogen) atoms. The monoisotopic (exact) mass is 338 g/mol. The van der Waals surface area contributed by atoms with Gasteiger partial charge in [-0.15, -0.1) is 0 Å². The van der Waals surface area contributed by atoms with Crippen LogP contribution in [0, 0.1) is 0 Å². The Morgan fingerprint density at radius 1 is 1.52 bits per heavy atom. The summed E-state index contributed by atoms with van der Waals surface area (Å²) in [6, 6.07) is 2.05. The molecule has 1 aliphatic heterocycles. The molecule has 0 radical (unpaired) electrons. The predicted molar refractivity (Wildman–Crippen MR) is 93.0 cm³/mol. The molecular formula is C16H26N4O2S. The number of amides is 1. The van der Waals surface area contributed by atoms with Crippen LogP contribution in [-0.2, 0) is 4.74 Å². The highest BCUT2D eigenvalue weighted by atomic mass is 32.2. The van der Waals surface area contributed by atoms with E-state index in [1.54, 1.807) is 6.20 Å². The lowest BCUT2D eigenvalue weighted by Gasteiger charge is -2.31. The quantitative estimate of drug-likeness (QED) is 0.621. The molecule has 1 saturated heterocycles. The Morgan fingerprint density at radius 3 is 2.91 bits per heavy atom. The highest BCUT2D eigenvalue weighted by Gasteiger charge is 2.32. The summed E-state index contributed by atoms with van der Waals surface area (Å²) in [5.74, 6) is 0.875. The van der Waals surface area contributed by atoms with Gasteiger partial charge in [0.05, 0.1) is 6.04 Å². The fraction of sp³-hybridized carbons (Fsp3) is 0.688. The number of rotatable bonds is 4. The third kappa shape index (κ3) is 4.99. The summed E-state index contributed by atoms with van der Waals surface area (Å²) < 4.78 is 5.52. The van der Waals surface area contributed by atoms with E-state index in [4.69, 9.17) is 4.74 Å². The predicted octanol–water partition coefficient (Wildman–Crippen LogP) is 3.03. The Hall–Kier alpha value is -1.50. The molecule has 0 aromatic carbocycles. The average molecular weight is 338 g/mol. The molecule has 7 heteroatoms. The van der Waals surface area contributed by atoms with Crippen molar-refractivity contribution in [1.29, 1.82) is 0 Å². The van der Waals surface area contributed by atoms with Crippen molar-refractivity contribution >= 4 is 23.7 Å². The molecule has 6 nitrogen and oxygen atoms in total. The maximum absolute atomic E-state index is 12.3. The van der Waals surface area contributed by atoms with E-state index in [0.717, 1.165) is 36.9 Å². The van der Waals surface area contributed by atoms with Gasteiger partial charge in [-0.3, -0.25) is 0 Å². The lowest BCUT2D eigenvalue weighted by atomic mass is 10.2. The molecule has 1 amide bonds. The average Bonchev–Trinajstić information content (AvgIpc) is 2.93. The van der Waals surface area contributed by atoms with E-state index in [9.17, 15) is 4.79 Å². The summed E-state index contributed by atoms with van der Waals surface area (Å²) in [5.41, 5.74) is -0.462.